The summed E-state index contributed by atoms with van der Waals surface area (Å²) in [5, 5.41) is 4.93. The molecule has 0 saturated carbocycles. The molecule has 2 fully saturated rings. The van der Waals surface area contributed by atoms with Crippen LogP contribution >= 0.6 is 21.6 Å². The molecule has 0 aromatic rings. The lowest BCUT2D eigenvalue weighted by Gasteiger charge is -2.35. The van der Waals surface area contributed by atoms with Gasteiger partial charge in [-0.25, -0.2) is 5.32 Å². The second-order valence-electron chi connectivity index (χ2n) is 5.21. The number of hydrogen-bond acceptors (Lipinski definition) is 4. The van der Waals surface area contributed by atoms with E-state index in [4.69, 9.17) is 0 Å². The zero-order valence-corrected chi connectivity index (χ0v) is 12.9. The van der Waals surface area contributed by atoms with Gasteiger partial charge in [0.15, 0.2) is 0 Å². The van der Waals surface area contributed by atoms with E-state index in [1.54, 1.807) is 0 Å². The van der Waals surface area contributed by atoms with E-state index in [2.05, 4.69) is 54.7 Å². The Balaban J connectivity index is 2.07. The molecule has 0 radical (unpaired) electrons. The number of likely N-dealkylation sites (N-methyl/N-ethyl adjacent to an activating group) is 1. The number of amidine groups is 1. The highest BCUT2D eigenvalue weighted by Gasteiger charge is 2.35. The van der Waals surface area contributed by atoms with Crippen LogP contribution in [0.3, 0.4) is 0 Å². The minimum Gasteiger partial charge on any atom is -0.293 e. The molecule has 0 aromatic heterocycles. The van der Waals surface area contributed by atoms with Crippen molar-refractivity contribution in [3.05, 3.63) is 0 Å². The molecule has 0 amide bonds. The Bertz CT molecular complexity index is 305. The van der Waals surface area contributed by atoms with Crippen molar-refractivity contribution in [1.82, 2.24) is 15.1 Å². The van der Waals surface area contributed by atoms with Gasteiger partial charge in [-0.05, 0) is 45.8 Å². The first kappa shape index (κ1) is 13.5. The topological polar surface area (TPSA) is 21.5 Å². The number of piperazine rings is 1. The summed E-state index contributed by atoms with van der Waals surface area (Å²) >= 11 is 0. The fourth-order valence-corrected chi connectivity index (χ4v) is 4.85. The molecule has 0 aromatic carbocycles. The van der Waals surface area contributed by atoms with E-state index < -0.39 is 0 Å². The third kappa shape index (κ3) is 2.92. The highest BCUT2D eigenvalue weighted by Crippen LogP contribution is 2.34. The maximum absolute atomic E-state index is 3.59. The van der Waals surface area contributed by atoms with Crippen LogP contribution in [0.15, 0.2) is 0 Å². The molecule has 0 bridgehead atoms. The molecule has 2 aliphatic rings. The predicted octanol–water partition coefficient (Wildman–Crippen LogP) is 0.907. The van der Waals surface area contributed by atoms with Gasteiger partial charge in [0, 0.05) is 22.9 Å². The first-order valence-corrected chi connectivity index (χ1v) is 8.30. The number of nitrogens with zero attached hydrogens (tertiary/aromatic N) is 3. The second-order valence-corrected chi connectivity index (χ2v) is 7.48. The first-order valence-electron chi connectivity index (χ1n) is 6.09. The van der Waals surface area contributed by atoms with Crippen LogP contribution < -0.4 is 5.32 Å². The number of hydrogen-bond donors (Lipinski definition) is 1. The van der Waals surface area contributed by atoms with Crippen LogP contribution in [0.5, 0.6) is 0 Å². The Morgan fingerprint density at radius 1 is 1.29 bits per heavy atom. The van der Waals surface area contributed by atoms with E-state index in [0.29, 0.717) is 17.6 Å². The molecule has 1 N–H and O–H groups in total. The van der Waals surface area contributed by atoms with Gasteiger partial charge in [-0.3, -0.25) is 14.4 Å². The molecule has 98 valence electrons. The third-order valence-corrected chi connectivity index (χ3v) is 6.24. The average molecular weight is 275 g/mol. The van der Waals surface area contributed by atoms with Crippen LogP contribution in [0.4, 0.5) is 0 Å². The summed E-state index contributed by atoms with van der Waals surface area (Å²) in [6.07, 6.45) is 0. The Labute approximate surface area is 112 Å². The summed E-state index contributed by atoms with van der Waals surface area (Å²) in [5.41, 5.74) is 0.403. The van der Waals surface area contributed by atoms with E-state index in [-0.39, 0.29) is 0 Å². The van der Waals surface area contributed by atoms with E-state index in [0.717, 1.165) is 13.1 Å². The van der Waals surface area contributed by atoms with Gasteiger partial charge in [-0.15, -0.1) is 0 Å². The maximum Gasteiger partial charge on any atom is 0.319 e. The van der Waals surface area contributed by atoms with Crippen molar-refractivity contribution in [2.24, 2.45) is 0 Å². The summed E-state index contributed by atoms with van der Waals surface area (Å²) in [6.45, 7) is 6.85. The van der Waals surface area contributed by atoms with Crippen LogP contribution in [0.2, 0.25) is 0 Å². The lowest BCUT2D eigenvalue weighted by atomic mass is 10.1. The van der Waals surface area contributed by atoms with E-state index >= 15 is 0 Å². The first-order chi connectivity index (χ1) is 7.99. The SMILES string of the molecule is CC1C[N+](=C2NC(N(C)C)SS2)CC(C)N1C. The molecule has 6 heteroatoms. The van der Waals surface area contributed by atoms with Crippen molar-refractivity contribution in [3.8, 4) is 0 Å². The second kappa shape index (κ2) is 5.38. The van der Waals surface area contributed by atoms with Crippen LogP contribution in [-0.4, -0.2) is 71.4 Å². The van der Waals surface area contributed by atoms with Gasteiger partial charge in [-0.2, -0.15) is 0 Å². The molecular formula is C11H23N4S2+. The van der Waals surface area contributed by atoms with Gasteiger partial charge in [0.25, 0.3) is 0 Å². The van der Waals surface area contributed by atoms with Crippen molar-refractivity contribution in [2.75, 3.05) is 34.2 Å². The smallest absolute Gasteiger partial charge is 0.293 e. The fourth-order valence-electron chi connectivity index (χ4n) is 2.17. The van der Waals surface area contributed by atoms with Gasteiger partial charge in [-0.1, -0.05) is 0 Å². The van der Waals surface area contributed by atoms with Crippen LogP contribution in [0.1, 0.15) is 13.8 Å². The lowest BCUT2D eigenvalue weighted by Crippen LogP contribution is -2.54. The Hall–Kier alpha value is 0.0900. The Morgan fingerprint density at radius 3 is 2.35 bits per heavy atom. The van der Waals surface area contributed by atoms with Gasteiger partial charge < -0.3 is 0 Å². The molecular weight excluding hydrogens is 252 g/mol. The summed E-state index contributed by atoms with van der Waals surface area (Å²) in [7, 11) is 10.2. The van der Waals surface area contributed by atoms with Crippen LogP contribution in [-0.2, 0) is 0 Å². The lowest BCUT2D eigenvalue weighted by molar-refractivity contribution is -0.552. The Kier molecular flexibility index (Phi) is 4.28. The fraction of sp³-hybridized carbons (Fsp3) is 0.909. The van der Waals surface area contributed by atoms with E-state index in [1.807, 2.05) is 21.6 Å². The predicted molar refractivity (Wildman–Crippen MR) is 77.5 cm³/mol. The minimum atomic E-state index is 0.403. The molecule has 3 unspecified atom stereocenters. The van der Waals surface area contributed by atoms with Crippen molar-refractivity contribution in [1.29, 1.82) is 0 Å². The standard InChI is InChI=1S/C11H22N4S2/c1-8-6-15(7-9(2)14(8)5)11-12-10(13(3)4)16-17-11/h8-10H,6-7H2,1-5H3/p+1. The monoisotopic (exact) mass is 275 g/mol. The molecule has 2 aliphatic heterocycles. The number of nitrogens with one attached hydrogen (secondary N) is 1. The largest absolute Gasteiger partial charge is 0.319 e. The molecule has 2 heterocycles. The molecule has 4 nitrogen and oxygen atoms in total. The van der Waals surface area contributed by atoms with Crippen LogP contribution in [0.25, 0.3) is 0 Å². The van der Waals surface area contributed by atoms with Gasteiger partial charge >= 0.3 is 5.17 Å². The van der Waals surface area contributed by atoms with Gasteiger partial charge in [0.1, 0.15) is 13.1 Å². The third-order valence-electron chi connectivity index (χ3n) is 3.58. The molecule has 2 saturated heterocycles. The summed E-state index contributed by atoms with van der Waals surface area (Å²) in [5.74, 6) is 0. The van der Waals surface area contributed by atoms with Crippen molar-refractivity contribution in [2.45, 2.75) is 31.4 Å². The maximum atomic E-state index is 3.59. The molecule has 0 aliphatic carbocycles. The van der Waals surface area contributed by atoms with E-state index in [1.165, 1.54) is 5.17 Å². The molecule has 0 spiro atoms. The normalized spacial score (nSPS) is 35.5. The van der Waals surface area contributed by atoms with E-state index in [9.17, 15) is 0 Å². The molecule has 17 heavy (non-hydrogen) atoms. The zero-order valence-electron chi connectivity index (χ0n) is 11.3. The van der Waals surface area contributed by atoms with Crippen molar-refractivity contribution >= 4 is 26.8 Å². The summed E-state index contributed by atoms with van der Waals surface area (Å²) in [6, 6.07) is 1.24. The highest BCUT2D eigenvalue weighted by atomic mass is 33.1. The van der Waals surface area contributed by atoms with Crippen molar-refractivity contribution < 1.29 is 4.58 Å². The molecule has 3 atom stereocenters. The molecule has 2 rings (SSSR count). The quantitative estimate of drug-likeness (QED) is 0.565. The zero-order chi connectivity index (χ0) is 12.6. The van der Waals surface area contributed by atoms with Gasteiger partial charge in [0.2, 0.25) is 5.50 Å². The Morgan fingerprint density at radius 2 is 1.88 bits per heavy atom. The van der Waals surface area contributed by atoms with Gasteiger partial charge in [0.05, 0.1) is 0 Å². The van der Waals surface area contributed by atoms with Crippen molar-refractivity contribution in [3.63, 3.8) is 0 Å². The van der Waals surface area contributed by atoms with Crippen LogP contribution in [0, 0.1) is 0 Å². The minimum absolute atomic E-state index is 0.403. The average Bonchev–Trinajstić information content (AvgIpc) is 2.74. The summed E-state index contributed by atoms with van der Waals surface area (Å²) in [4.78, 5) is 4.68. The number of rotatable bonds is 1. The highest BCUT2D eigenvalue weighted by molar-refractivity contribution is 8.83. The summed E-state index contributed by atoms with van der Waals surface area (Å²) < 4.78 is 2.50.